The van der Waals surface area contributed by atoms with Crippen molar-refractivity contribution in [1.29, 1.82) is 0 Å². The molecule has 3 aromatic rings. The van der Waals surface area contributed by atoms with Crippen LogP contribution in [0.25, 0.3) is 10.9 Å². The van der Waals surface area contributed by atoms with Crippen LogP contribution in [0.3, 0.4) is 0 Å². The zero-order valence-electron chi connectivity index (χ0n) is 11.5. The Morgan fingerprint density at radius 3 is 2.81 bits per heavy atom. The number of nitrogens with zero attached hydrogens (tertiary/aromatic N) is 3. The second-order valence-electron chi connectivity index (χ2n) is 4.58. The van der Waals surface area contributed by atoms with Gasteiger partial charge in [0.05, 0.1) is 5.52 Å². The van der Waals surface area contributed by atoms with Crippen LogP contribution in [0.1, 0.15) is 5.56 Å². The molecule has 3 rings (SSSR count). The molecule has 0 atom stereocenters. The molecule has 0 fully saturated rings. The molecule has 2 heterocycles. The van der Waals surface area contributed by atoms with Crippen molar-refractivity contribution in [2.24, 2.45) is 5.84 Å². The molecule has 21 heavy (non-hydrogen) atoms. The van der Waals surface area contributed by atoms with E-state index in [4.69, 9.17) is 5.84 Å². The van der Waals surface area contributed by atoms with E-state index in [2.05, 4.69) is 50.0 Å². The minimum absolute atomic E-state index is 0.395. The van der Waals surface area contributed by atoms with Gasteiger partial charge in [-0.15, -0.1) is 0 Å². The van der Waals surface area contributed by atoms with E-state index in [0.717, 1.165) is 29.7 Å². The summed E-state index contributed by atoms with van der Waals surface area (Å²) in [4.78, 5) is 12.6. The third-order valence-electron chi connectivity index (χ3n) is 3.20. The molecule has 6 heteroatoms. The van der Waals surface area contributed by atoms with E-state index >= 15 is 0 Å². The number of rotatable bonds is 5. The topological polar surface area (TPSA) is 88.8 Å². The molecule has 0 saturated carbocycles. The molecule has 4 N–H and O–H groups in total. The molecule has 0 unspecified atom stereocenters. The quantitative estimate of drug-likeness (QED) is 0.489. The highest BCUT2D eigenvalue weighted by molar-refractivity contribution is 5.81. The minimum atomic E-state index is 0.395. The third kappa shape index (κ3) is 3.06. The van der Waals surface area contributed by atoms with Gasteiger partial charge < -0.3 is 5.32 Å². The fourth-order valence-electron chi connectivity index (χ4n) is 2.22. The van der Waals surface area contributed by atoms with E-state index in [9.17, 15) is 0 Å². The zero-order valence-corrected chi connectivity index (χ0v) is 11.5. The monoisotopic (exact) mass is 280 g/mol. The second kappa shape index (κ2) is 6.15. The lowest BCUT2D eigenvalue weighted by molar-refractivity contribution is 1.00. The van der Waals surface area contributed by atoms with Gasteiger partial charge in [0, 0.05) is 24.3 Å². The summed E-state index contributed by atoms with van der Waals surface area (Å²) in [6.45, 7) is 0.761. The number of nitrogens with one attached hydrogen (secondary N) is 2. The van der Waals surface area contributed by atoms with Gasteiger partial charge in [-0.3, -0.25) is 10.4 Å². The van der Waals surface area contributed by atoms with Crippen molar-refractivity contribution < 1.29 is 0 Å². The van der Waals surface area contributed by atoms with Crippen LogP contribution in [-0.2, 0) is 6.42 Å². The van der Waals surface area contributed by atoms with Gasteiger partial charge >= 0.3 is 0 Å². The number of hydrazine groups is 1. The summed E-state index contributed by atoms with van der Waals surface area (Å²) in [5.41, 5.74) is 4.69. The summed E-state index contributed by atoms with van der Waals surface area (Å²) >= 11 is 0. The molecule has 0 saturated heterocycles. The van der Waals surface area contributed by atoms with Crippen molar-refractivity contribution in [2.75, 3.05) is 17.3 Å². The van der Waals surface area contributed by atoms with E-state index in [1.807, 2.05) is 18.3 Å². The Balaban J connectivity index is 1.69. The Kier molecular flexibility index (Phi) is 3.88. The lowest BCUT2D eigenvalue weighted by Gasteiger charge is -2.08. The van der Waals surface area contributed by atoms with Gasteiger partial charge in [0.15, 0.2) is 0 Å². The molecule has 106 valence electrons. The van der Waals surface area contributed by atoms with Crippen LogP contribution in [0.5, 0.6) is 0 Å². The minimum Gasteiger partial charge on any atom is -0.370 e. The number of nitrogens with two attached hydrogens (primary N) is 1. The zero-order chi connectivity index (χ0) is 14.5. The number of pyridine rings is 1. The smallest absolute Gasteiger partial charge is 0.239 e. The van der Waals surface area contributed by atoms with Gasteiger partial charge in [-0.25, -0.2) is 10.8 Å². The fourth-order valence-corrected chi connectivity index (χ4v) is 2.22. The number of nitrogen functional groups attached to an aromatic ring is 1. The van der Waals surface area contributed by atoms with Crippen LogP contribution in [0.15, 0.2) is 48.8 Å². The van der Waals surface area contributed by atoms with Gasteiger partial charge in [0.2, 0.25) is 5.95 Å². The van der Waals surface area contributed by atoms with Crippen molar-refractivity contribution >= 4 is 22.7 Å². The molecular weight excluding hydrogens is 264 g/mol. The first-order valence-electron chi connectivity index (χ1n) is 6.73. The van der Waals surface area contributed by atoms with Crippen LogP contribution in [0, 0.1) is 0 Å². The lowest BCUT2D eigenvalue weighted by Crippen LogP contribution is -2.12. The third-order valence-corrected chi connectivity index (χ3v) is 3.20. The first-order chi connectivity index (χ1) is 10.4. The average Bonchev–Trinajstić information content (AvgIpc) is 2.55. The molecule has 0 spiro atoms. The number of para-hydroxylation sites is 1. The van der Waals surface area contributed by atoms with Crippen molar-refractivity contribution in [3.05, 3.63) is 54.4 Å². The van der Waals surface area contributed by atoms with Gasteiger partial charge in [0.25, 0.3) is 0 Å². The summed E-state index contributed by atoms with van der Waals surface area (Å²) in [6, 6.07) is 12.1. The highest BCUT2D eigenvalue weighted by atomic mass is 15.3. The maximum Gasteiger partial charge on any atom is 0.239 e. The van der Waals surface area contributed by atoms with Crippen molar-refractivity contribution in [3.63, 3.8) is 0 Å². The van der Waals surface area contributed by atoms with Gasteiger partial charge in [0.1, 0.15) is 5.82 Å². The van der Waals surface area contributed by atoms with Gasteiger partial charge in [-0.05, 0) is 24.1 Å². The first-order valence-corrected chi connectivity index (χ1v) is 6.73. The molecule has 0 aliphatic carbocycles. The van der Waals surface area contributed by atoms with Crippen molar-refractivity contribution in [2.45, 2.75) is 6.42 Å². The Hall–Kier alpha value is -2.73. The highest BCUT2D eigenvalue weighted by Gasteiger charge is 2.02. The van der Waals surface area contributed by atoms with Gasteiger partial charge in [-0.1, -0.05) is 24.3 Å². The van der Waals surface area contributed by atoms with E-state index in [1.165, 1.54) is 5.56 Å². The predicted octanol–water partition coefficient (Wildman–Crippen LogP) is 1.96. The molecule has 2 aromatic heterocycles. The summed E-state index contributed by atoms with van der Waals surface area (Å²) in [7, 11) is 0. The predicted molar refractivity (Wildman–Crippen MR) is 83.8 cm³/mol. The van der Waals surface area contributed by atoms with Crippen LogP contribution in [0.4, 0.5) is 11.8 Å². The van der Waals surface area contributed by atoms with Crippen molar-refractivity contribution in [3.8, 4) is 0 Å². The Bertz CT molecular complexity index is 738. The normalized spacial score (nSPS) is 10.5. The van der Waals surface area contributed by atoms with Crippen molar-refractivity contribution in [1.82, 2.24) is 15.0 Å². The molecule has 0 aliphatic rings. The maximum atomic E-state index is 5.29. The van der Waals surface area contributed by atoms with Crippen LogP contribution in [-0.4, -0.2) is 21.5 Å². The molecule has 1 aromatic carbocycles. The Morgan fingerprint density at radius 1 is 1.00 bits per heavy atom. The molecular formula is C15H16N6. The fraction of sp³-hybridized carbons (Fsp3) is 0.133. The van der Waals surface area contributed by atoms with E-state index in [-0.39, 0.29) is 0 Å². The first kappa shape index (κ1) is 13.3. The number of fused-ring (bicyclic) bond motifs is 1. The summed E-state index contributed by atoms with van der Waals surface area (Å²) in [6.07, 6.45) is 4.34. The average molecular weight is 280 g/mol. The lowest BCUT2D eigenvalue weighted by atomic mass is 10.1. The largest absolute Gasteiger partial charge is 0.370 e. The maximum absolute atomic E-state index is 5.29. The summed E-state index contributed by atoms with van der Waals surface area (Å²) in [5, 5.41) is 4.42. The standard InChI is InChI=1S/C15H16N6/c16-21-15-19-10-7-13(20-15)17-9-6-12-4-1-3-11-5-2-8-18-14(11)12/h1-5,7-8,10H,6,9,16H2,(H2,17,19,20,21). The molecule has 6 nitrogen and oxygen atoms in total. The molecule has 0 amide bonds. The summed E-state index contributed by atoms with van der Waals surface area (Å²) in [5.74, 6) is 6.43. The van der Waals surface area contributed by atoms with Crippen LogP contribution in [0.2, 0.25) is 0 Å². The number of aromatic nitrogens is 3. The van der Waals surface area contributed by atoms with E-state index in [0.29, 0.717) is 5.95 Å². The highest BCUT2D eigenvalue weighted by Crippen LogP contribution is 2.16. The molecule has 0 aliphatic heterocycles. The van der Waals surface area contributed by atoms with Crippen LogP contribution >= 0.6 is 0 Å². The second-order valence-corrected chi connectivity index (χ2v) is 4.58. The Labute approximate surface area is 122 Å². The SMILES string of the molecule is NNc1nccc(NCCc2cccc3cccnc23)n1. The summed E-state index contributed by atoms with van der Waals surface area (Å²) < 4.78 is 0. The van der Waals surface area contributed by atoms with E-state index < -0.39 is 0 Å². The molecule has 0 bridgehead atoms. The molecule has 0 radical (unpaired) electrons. The van der Waals surface area contributed by atoms with Gasteiger partial charge in [-0.2, -0.15) is 4.98 Å². The number of anilines is 2. The number of benzene rings is 1. The van der Waals surface area contributed by atoms with E-state index in [1.54, 1.807) is 6.20 Å². The number of hydrogen-bond acceptors (Lipinski definition) is 6. The van der Waals surface area contributed by atoms with Crippen LogP contribution < -0.4 is 16.6 Å². The Morgan fingerprint density at radius 2 is 1.90 bits per heavy atom. The number of hydrogen-bond donors (Lipinski definition) is 3.